The first-order valence-electron chi connectivity index (χ1n) is 5.32. The van der Waals surface area contributed by atoms with Crippen LogP contribution >= 0.6 is 15.9 Å². The second-order valence-electron chi connectivity index (χ2n) is 3.75. The van der Waals surface area contributed by atoms with Gasteiger partial charge in [-0.05, 0) is 39.7 Å². The maximum absolute atomic E-state index is 13.4. The first kappa shape index (κ1) is 13.3. The van der Waals surface area contributed by atoms with Crippen LogP contribution in [-0.2, 0) is 6.61 Å². The summed E-state index contributed by atoms with van der Waals surface area (Å²) in [4.78, 5) is 3.85. The van der Waals surface area contributed by atoms with Crippen molar-refractivity contribution in [2.24, 2.45) is 0 Å². The van der Waals surface area contributed by atoms with E-state index < -0.39 is 5.82 Å². The van der Waals surface area contributed by atoms with Crippen molar-refractivity contribution in [1.29, 1.82) is 5.26 Å². The van der Waals surface area contributed by atoms with E-state index in [1.54, 1.807) is 12.1 Å². The Morgan fingerprint density at radius 1 is 1.42 bits per heavy atom. The molecule has 1 aromatic carbocycles. The summed E-state index contributed by atoms with van der Waals surface area (Å²) in [6.45, 7) is 0.183. The smallest absolute Gasteiger partial charge is 0.145 e. The number of ether oxygens (including phenoxy) is 1. The van der Waals surface area contributed by atoms with Gasteiger partial charge in [-0.25, -0.2) is 9.37 Å². The van der Waals surface area contributed by atoms with Crippen molar-refractivity contribution in [2.75, 3.05) is 5.73 Å². The fourth-order valence-electron chi connectivity index (χ4n) is 1.46. The van der Waals surface area contributed by atoms with Crippen LogP contribution in [-0.4, -0.2) is 4.98 Å². The van der Waals surface area contributed by atoms with Gasteiger partial charge in [0.2, 0.25) is 0 Å². The van der Waals surface area contributed by atoms with Gasteiger partial charge >= 0.3 is 0 Å². The molecule has 2 N–H and O–H groups in total. The molecular weight excluding hydrogens is 313 g/mol. The SMILES string of the molecule is N#Cc1cc(COc2cc(F)c(Br)cc2N)ccn1. The van der Waals surface area contributed by atoms with E-state index in [-0.39, 0.29) is 16.8 Å². The van der Waals surface area contributed by atoms with Gasteiger partial charge in [-0.3, -0.25) is 0 Å². The van der Waals surface area contributed by atoms with E-state index >= 15 is 0 Å². The van der Waals surface area contributed by atoms with Crippen LogP contribution in [0.25, 0.3) is 0 Å². The van der Waals surface area contributed by atoms with Gasteiger partial charge in [0.25, 0.3) is 0 Å². The topological polar surface area (TPSA) is 71.9 Å². The molecule has 6 heteroatoms. The first-order valence-corrected chi connectivity index (χ1v) is 6.12. The molecule has 2 rings (SSSR count). The standard InChI is InChI=1S/C13H9BrFN3O/c14-10-4-12(17)13(5-11(10)15)19-7-8-1-2-18-9(3-8)6-16/h1-5H,7,17H2. The summed E-state index contributed by atoms with van der Waals surface area (Å²) in [6, 6.07) is 7.91. The first-order chi connectivity index (χ1) is 9.10. The highest BCUT2D eigenvalue weighted by Gasteiger charge is 2.07. The maximum Gasteiger partial charge on any atom is 0.145 e. The number of hydrogen-bond donors (Lipinski definition) is 1. The van der Waals surface area contributed by atoms with Crippen LogP contribution in [0.5, 0.6) is 5.75 Å². The highest BCUT2D eigenvalue weighted by atomic mass is 79.9. The molecule has 2 aromatic rings. The summed E-state index contributed by atoms with van der Waals surface area (Å²) in [5.74, 6) is -0.187. The number of pyridine rings is 1. The van der Waals surface area contributed by atoms with Crippen molar-refractivity contribution in [3.63, 3.8) is 0 Å². The molecule has 0 aliphatic heterocycles. The number of halogens is 2. The van der Waals surface area contributed by atoms with E-state index in [1.165, 1.54) is 18.3 Å². The molecule has 1 heterocycles. The lowest BCUT2D eigenvalue weighted by Gasteiger charge is -2.09. The van der Waals surface area contributed by atoms with Crippen LogP contribution in [0.4, 0.5) is 10.1 Å². The molecule has 0 fully saturated rings. The third-order valence-corrected chi connectivity index (χ3v) is 2.99. The minimum atomic E-state index is -0.448. The molecule has 0 aliphatic carbocycles. The maximum atomic E-state index is 13.4. The normalized spacial score (nSPS) is 9.95. The second kappa shape index (κ2) is 5.67. The van der Waals surface area contributed by atoms with E-state index in [4.69, 9.17) is 15.7 Å². The predicted octanol–water partition coefficient (Wildman–Crippen LogP) is 3.02. The summed E-state index contributed by atoms with van der Waals surface area (Å²) >= 11 is 3.04. The lowest BCUT2D eigenvalue weighted by Crippen LogP contribution is -2.00. The number of hydrogen-bond acceptors (Lipinski definition) is 4. The molecule has 0 spiro atoms. The molecule has 0 bridgehead atoms. The van der Waals surface area contributed by atoms with Crippen LogP contribution < -0.4 is 10.5 Å². The fourth-order valence-corrected chi connectivity index (χ4v) is 1.82. The van der Waals surface area contributed by atoms with Crippen molar-refractivity contribution in [3.8, 4) is 11.8 Å². The van der Waals surface area contributed by atoms with Gasteiger partial charge in [-0.2, -0.15) is 5.26 Å². The number of aromatic nitrogens is 1. The van der Waals surface area contributed by atoms with Gasteiger partial charge in [0.1, 0.15) is 29.9 Å². The molecule has 0 aliphatic rings. The Balaban J connectivity index is 2.14. The number of nitriles is 1. The van der Waals surface area contributed by atoms with Crippen LogP contribution in [0.15, 0.2) is 34.9 Å². The number of nitrogens with two attached hydrogens (primary N) is 1. The van der Waals surface area contributed by atoms with Gasteiger partial charge in [0, 0.05) is 12.3 Å². The van der Waals surface area contributed by atoms with E-state index in [9.17, 15) is 4.39 Å². The van der Waals surface area contributed by atoms with Crippen LogP contribution in [0, 0.1) is 17.1 Å². The average molecular weight is 322 g/mol. The highest BCUT2D eigenvalue weighted by molar-refractivity contribution is 9.10. The van der Waals surface area contributed by atoms with E-state index in [0.29, 0.717) is 11.4 Å². The molecular formula is C13H9BrFN3O. The zero-order valence-electron chi connectivity index (χ0n) is 9.73. The monoisotopic (exact) mass is 321 g/mol. The van der Waals surface area contributed by atoms with Gasteiger partial charge in [0.15, 0.2) is 0 Å². The summed E-state index contributed by atoms with van der Waals surface area (Å²) in [6.07, 6.45) is 1.52. The number of nitrogens with zero attached hydrogens (tertiary/aromatic N) is 2. The zero-order chi connectivity index (χ0) is 13.8. The van der Waals surface area contributed by atoms with Crippen molar-refractivity contribution in [1.82, 2.24) is 4.98 Å². The van der Waals surface area contributed by atoms with E-state index in [2.05, 4.69) is 20.9 Å². The second-order valence-corrected chi connectivity index (χ2v) is 4.61. The van der Waals surface area contributed by atoms with Crippen molar-refractivity contribution in [3.05, 3.63) is 52.0 Å². The molecule has 1 aromatic heterocycles. The third kappa shape index (κ3) is 3.20. The molecule has 0 radical (unpaired) electrons. The Bertz CT molecular complexity index is 655. The molecule has 0 saturated carbocycles. The molecule has 0 unspecified atom stereocenters. The Morgan fingerprint density at radius 2 is 2.21 bits per heavy atom. The van der Waals surface area contributed by atoms with Crippen LogP contribution in [0.2, 0.25) is 0 Å². The van der Waals surface area contributed by atoms with Crippen LogP contribution in [0.3, 0.4) is 0 Å². The Hall–Kier alpha value is -2.13. The van der Waals surface area contributed by atoms with Crippen molar-refractivity contribution >= 4 is 21.6 Å². The lowest BCUT2D eigenvalue weighted by molar-refractivity contribution is 0.306. The van der Waals surface area contributed by atoms with E-state index in [1.807, 2.05) is 6.07 Å². The number of benzene rings is 1. The number of nitrogen functional groups attached to an aromatic ring is 1. The molecule has 4 nitrogen and oxygen atoms in total. The quantitative estimate of drug-likeness (QED) is 0.882. The average Bonchev–Trinajstić information content (AvgIpc) is 2.41. The Labute approximate surface area is 117 Å². The largest absolute Gasteiger partial charge is 0.487 e. The Morgan fingerprint density at radius 3 is 2.95 bits per heavy atom. The summed E-state index contributed by atoms with van der Waals surface area (Å²) in [7, 11) is 0. The molecule has 96 valence electrons. The minimum absolute atomic E-state index is 0.183. The number of rotatable bonds is 3. The summed E-state index contributed by atoms with van der Waals surface area (Å²) in [5.41, 5.74) is 7.12. The van der Waals surface area contributed by atoms with Gasteiger partial charge < -0.3 is 10.5 Å². The lowest BCUT2D eigenvalue weighted by atomic mass is 10.2. The minimum Gasteiger partial charge on any atom is -0.487 e. The van der Waals surface area contributed by atoms with Crippen molar-refractivity contribution in [2.45, 2.75) is 6.61 Å². The molecule has 0 amide bonds. The molecule has 0 atom stereocenters. The van der Waals surface area contributed by atoms with Gasteiger partial charge in [-0.15, -0.1) is 0 Å². The summed E-state index contributed by atoms with van der Waals surface area (Å²) < 4.78 is 19.1. The Kier molecular flexibility index (Phi) is 3.97. The van der Waals surface area contributed by atoms with Crippen LogP contribution in [0.1, 0.15) is 11.3 Å². The predicted molar refractivity (Wildman–Crippen MR) is 71.8 cm³/mol. The van der Waals surface area contributed by atoms with Gasteiger partial charge in [0.05, 0.1) is 10.2 Å². The van der Waals surface area contributed by atoms with E-state index in [0.717, 1.165) is 5.56 Å². The third-order valence-electron chi connectivity index (χ3n) is 2.39. The molecule has 0 saturated heterocycles. The summed E-state index contributed by atoms with van der Waals surface area (Å²) in [5, 5.41) is 8.73. The highest BCUT2D eigenvalue weighted by Crippen LogP contribution is 2.28. The van der Waals surface area contributed by atoms with Crippen molar-refractivity contribution < 1.29 is 9.13 Å². The number of anilines is 1. The molecule has 19 heavy (non-hydrogen) atoms. The fraction of sp³-hybridized carbons (Fsp3) is 0.0769. The zero-order valence-corrected chi connectivity index (χ0v) is 11.3. The van der Waals surface area contributed by atoms with Gasteiger partial charge in [-0.1, -0.05) is 0 Å².